The lowest BCUT2D eigenvalue weighted by Crippen LogP contribution is -2.03. The molecule has 0 saturated heterocycles. The molecule has 0 aromatic carbocycles. The number of aromatic nitrogens is 2. The second-order valence-corrected chi connectivity index (χ2v) is 4.91. The Kier molecular flexibility index (Phi) is 2.97. The summed E-state index contributed by atoms with van der Waals surface area (Å²) in [5, 5.41) is 0. The third kappa shape index (κ3) is 2.20. The van der Waals surface area contributed by atoms with Crippen LogP contribution < -0.4 is 0 Å². The zero-order valence-electron chi connectivity index (χ0n) is 10.2. The minimum atomic E-state index is -0.127. The van der Waals surface area contributed by atoms with Gasteiger partial charge in [0, 0.05) is 6.20 Å². The third-order valence-corrected chi connectivity index (χ3v) is 3.50. The van der Waals surface area contributed by atoms with E-state index < -0.39 is 0 Å². The van der Waals surface area contributed by atoms with E-state index in [2.05, 4.69) is 9.97 Å². The van der Waals surface area contributed by atoms with Crippen molar-refractivity contribution in [3.8, 4) is 11.5 Å². The maximum absolute atomic E-state index is 12.4. The van der Waals surface area contributed by atoms with E-state index in [-0.39, 0.29) is 5.78 Å². The lowest BCUT2D eigenvalue weighted by molar-refractivity contribution is 0.103. The maximum Gasteiger partial charge on any atom is 0.223 e. The largest absolute Gasteiger partial charge is 0.463 e. The predicted octanol–water partition coefficient (Wildman–Crippen LogP) is 3.34. The smallest absolute Gasteiger partial charge is 0.223 e. The predicted molar refractivity (Wildman–Crippen MR) is 72.2 cm³/mol. The number of nitrogens with zero attached hydrogens (tertiary/aromatic N) is 2. The molecule has 5 heteroatoms. The second kappa shape index (κ2) is 4.78. The van der Waals surface area contributed by atoms with Crippen LogP contribution in [-0.4, -0.2) is 15.8 Å². The molecule has 0 aliphatic heterocycles. The number of aryl methyl sites for hydroxylation is 1. The molecule has 0 amide bonds. The van der Waals surface area contributed by atoms with Gasteiger partial charge >= 0.3 is 0 Å². The standard InChI is InChI=1S/C14H10N2O2S/c1-9-4-5-15-10(7-9)13(17)14-12(16-8-19-14)11-3-2-6-18-11/h2-8H,1H3. The van der Waals surface area contributed by atoms with Gasteiger partial charge in [-0.25, -0.2) is 4.98 Å². The van der Waals surface area contributed by atoms with Crippen molar-refractivity contribution >= 4 is 17.1 Å². The molecule has 0 saturated carbocycles. The molecule has 0 aliphatic carbocycles. The average molecular weight is 270 g/mol. The highest BCUT2D eigenvalue weighted by molar-refractivity contribution is 7.12. The molecule has 0 N–H and O–H groups in total. The molecule has 0 bridgehead atoms. The fourth-order valence-corrected chi connectivity index (χ4v) is 2.51. The van der Waals surface area contributed by atoms with Crippen LogP contribution in [0.1, 0.15) is 20.9 Å². The van der Waals surface area contributed by atoms with Gasteiger partial charge in [-0.05, 0) is 36.8 Å². The number of rotatable bonds is 3. The fourth-order valence-electron chi connectivity index (χ4n) is 1.77. The number of furan rings is 1. The zero-order valence-corrected chi connectivity index (χ0v) is 11.0. The molecule has 19 heavy (non-hydrogen) atoms. The third-order valence-electron chi connectivity index (χ3n) is 2.68. The highest BCUT2D eigenvalue weighted by atomic mass is 32.1. The van der Waals surface area contributed by atoms with Gasteiger partial charge < -0.3 is 4.42 Å². The number of hydrogen-bond donors (Lipinski definition) is 0. The summed E-state index contributed by atoms with van der Waals surface area (Å²) in [4.78, 5) is 21.3. The summed E-state index contributed by atoms with van der Waals surface area (Å²) in [6.07, 6.45) is 3.20. The average Bonchev–Trinajstić information content (AvgIpc) is 3.08. The summed E-state index contributed by atoms with van der Waals surface area (Å²) < 4.78 is 5.30. The summed E-state index contributed by atoms with van der Waals surface area (Å²) >= 11 is 1.30. The van der Waals surface area contributed by atoms with Gasteiger partial charge in [-0.15, -0.1) is 11.3 Å². The molecule has 3 rings (SSSR count). The summed E-state index contributed by atoms with van der Waals surface area (Å²) in [6.45, 7) is 1.93. The van der Waals surface area contributed by atoms with Crippen LogP contribution in [0.2, 0.25) is 0 Å². The van der Waals surface area contributed by atoms with Crippen LogP contribution in [-0.2, 0) is 0 Å². The lowest BCUT2D eigenvalue weighted by Gasteiger charge is -2.00. The quantitative estimate of drug-likeness (QED) is 0.685. The van der Waals surface area contributed by atoms with E-state index in [4.69, 9.17) is 4.42 Å². The summed E-state index contributed by atoms with van der Waals surface area (Å²) in [7, 11) is 0. The Morgan fingerprint density at radius 3 is 2.95 bits per heavy atom. The van der Waals surface area contributed by atoms with Crippen molar-refractivity contribution in [2.24, 2.45) is 0 Å². The molecule has 0 fully saturated rings. The highest BCUT2D eigenvalue weighted by Gasteiger charge is 2.20. The first kappa shape index (κ1) is 11.8. The SMILES string of the molecule is Cc1ccnc(C(=O)c2scnc2-c2ccco2)c1. The first-order valence-electron chi connectivity index (χ1n) is 5.70. The molecular formula is C14H10N2O2S. The van der Waals surface area contributed by atoms with E-state index in [0.717, 1.165) is 5.56 Å². The number of pyridine rings is 1. The van der Waals surface area contributed by atoms with E-state index in [0.29, 0.717) is 22.0 Å². The number of hydrogen-bond acceptors (Lipinski definition) is 5. The Labute approximate surface area is 113 Å². The molecule has 0 spiro atoms. The minimum absolute atomic E-state index is 0.127. The van der Waals surface area contributed by atoms with Crippen molar-refractivity contribution in [3.05, 3.63) is 58.4 Å². The molecule has 0 radical (unpaired) electrons. The van der Waals surface area contributed by atoms with Crippen molar-refractivity contribution in [3.63, 3.8) is 0 Å². The van der Waals surface area contributed by atoms with Gasteiger partial charge in [-0.1, -0.05) is 0 Å². The lowest BCUT2D eigenvalue weighted by atomic mass is 10.1. The molecule has 3 aromatic heterocycles. The van der Waals surface area contributed by atoms with Crippen LogP contribution in [0, 0.1) is 6.92 Å². The van der Waals surface area contributed by atoms with E-state index in [1.165, 1.54) is 11.3 Å². The van der Waals surface area contributed by atoms with Crippen LogP contribution in [0.4, 0.5) is 0 Å². The van der Waals surface area contributed by atoms with E-state index in [1.807, 2.05) is 13.0 Å². The van der Waals surface area contributed by atoms with Crippen LogP contribution in [0.5, 0.6) is 0 Å². The Bertz CT molecular complexity index is 717. The van der Waals surface area contributed by atoms with E-state index in [9.17, 15) is 4.79 Å². The first-order chi connectivity index (χ1) is 9.25. The molecule has 4 nitrogen and oxygen atoms in total. The van der Waals surface area contributed by atoms with Gasteiger partial charge in [-0.3, -0.25) is 9.78 Å². The molecule has 94 valence electrons. The Balaban J connectivity index is 2.04. The van der Waals surface area contributed by atoms with Crippen molar-refractivity contribution in [1.82, 2.24) is 9.97 Å². The number of thiazole rings is 1. The second-order valence-electron chi connectivity index (χ2n) is 4.05. The van der Waals surface area contributed by atoms with Crippen LogP contribution in [0.3, 0.4) is 0 Å². The van der Waals surface area contributed by atoms with Gasteiger partial charge in [-0.2, -0.15) is 0 Å². The van der Waals surface area contributed by atoms with Gasteiger partial charge in [0.05, 0.1) is 11.8 Å². The van der Waals surface area contributed by atoms with Crippen molar-refractivity contribution in [2.45, 2.75) is 6.92 Å². The van der Waals surface area contributed by atoms with Crippen molar-refractivity contribution in [2.75, 3.05) is 0 Å². The summed E-state index contributed by atoms with van der Waals surface area (Å²) in [6, 6.07) is 7.19. The van der Waals surface area contributed by atoms with Crippen LogP contribution in [0.25, 0.3) is 11.5 Å². The van der Waals surface area contributed by atoms with Gasteiger partial charge in [0.1, 0.15) is 16.3 Å². The van der Waals surface area contributed by atoms with Gasteiger partial charge in [0.25, 0.3) is 0 Å². The monoisotopic (exact) mass is 270 g/mol. The number of carbonyl (C=O) groups is 1. The van der Waals surface area contributed by atoms with Crippen molar-refractivity contribution < 1.29 is 9.21 Å². The molecule has 3 aromatic rings. The van der Waals surface area contributed by atoms with Gasteiger partial charge in [0.2, 0.25) is 5.78 Å². The molecular weight excluding hydrogens is 260 g/mol. The minimum Gasteiger partial charge on any atom is -0.463 e. The Morgan fingerprint density at radius 1 is 1.32 bits per heavy atom. The number of ketones is 1. The zero-order chi connectivity index (χ0) is 13.2. The Morgan fingerprint density at radius 2 is 2.21 bits per heavy atom. The van der Waals surface area contributed by atoms with Crippen LogP contribution >= 0.6 is 11.3 Å². The Hall–Kier alpha value is -2.27. The molecule has 3 heterocycles. The maximum atomic E-state index is 12.4. The summed E-state index contributed by atoms with van der Waals surface area (Å²) in [5.74, 6) is 0.467. The fraction of sp³-hybridized carbons (Fsp3) is 0.0714. The van der Waals surface area contributed by atoms with E-state index >= 15 is 0 Å². The first-order valence-corrected chi connectivity index (χ1v) is 6.58. The van der Waals surface area contributed by atoms with E-state index in [1.54, 1.807) is 36.2 Å². The number of carbonyl (C=O) groups excluding carboxylic acids is 1. The molecule has 0 unspecified atom stereocenters. The van der Waals surface area contributed by atoms with Gasteiger partial charge in [0.15, 0.2) is 5.76 Å². The van der Waals surface area contributed by atoms with Crippen molar-refractivity contribution in [1.29, 1.82) is 0 Å². The highest BCUT2D eigenvalue weighted by Crippen LogP contribution is 2.27. The molecule has 0 aliphatic rings. The summed E-state index contributed by atoms with van der Waals surface area (Å²) in [5.41, 5.74) is 3.64. The topological polar surface area (TPSA) is 56.0 Å². The van der Waals surface area contributed by atoms with Crippen LogP contribution in [0.15, 0.2) is 46.7 Å². The normalized spacial score (nSPS) is 10.6. The molecule has 0 atom stereocenters.